The van der Waals surface area contributed by atoms with Crippen LogP contribution in [-0.2, 0) is 10.0 Å². The van der Waals surface area contributed by atoms with Crippen LogP contribution < -0.4 is 10.0 Å². The lowest BCUT2D eigenvalue weighted by Crippen LogP contribution is -2.50. The van der Waals surface area contributed by atoms with Crippen LogP contribution in [0, 0.1) is 17.8 Å². The normalized spacial score (nSPS) is 31.2. The molecule has 18 heavy (non-hydrogen) atoms. The molecule has 104 valence electrons. The summed E-state index contributed by atoms with van der Waals surface area (Å²) in [5.41, 5.74) is -0.430. The first-order valence-corrected chi connectivity index (χ1v) is 8.52. The van der Waals surface area contributed by atoms with E-state index in [0.29, 0.717) is 6.54 Å². The highest BCUT2D eigenvalue weighted by atomic mass is 32.2. The quantitative estimate of drug-likeness (QED) is 0.712. The number of hydrogen-bond acceptors (Lipinski definition) is 3. The molecule has 0 amide bonds. The third-order valence-electron chi connectivity index (χ3n) is 3.85. The first-order chi connectivity index (χ1) is 8.25. The predicted molar refractivity (Wildman–Crippen MR) is 73.8 cm³/mol. The van der Waals surface area contributed by atoms with Crippen LogP contribution in [0.25, 0.3) is 0 Å². The van der Waals surface area contributed by atoms with Crippen molar-refractivity contribution in [2.75, 3.05) is 19.3 Å². The summed E-state index contributed by atoms with van der Waals surface area (Å²) in [5, 5.41) is 3.41. The van der Waals surface area contributed by atoms with Gasteiger partial charge in [-0.05, 0) is 51.0 Å². The molecule has 1 saturated carbocycles. The van der Waals surface area contributed by atoms with E-state index < -0.39 is 15.6 Å². The molecular weight excluding hydrogens is 248 g/mol. The molecule has 1 fully saturated rings. The Labute approximate surface area is 110 Å². The van der Waals surface area contributed by atoms with Gasteiger partial charge in [0.15, 0.2) is 0 Å². The van der Waals surface area contributed by atoms with E-state index in [2.05, 4.69) is 22.2 Å². The van der Waals surface area contributed by atoms with Gasteiger partial charge in [-0.2, -0.15) is 0 Å². The third kappa shape index (κ3) is 3.80. The highest BCUT2D eigenvalue weighted by Gasteiger charge is 2.35. The fraction of sp³-hybridized carbons (Fsp3) is 0.846. The second kappa shape index (κ2) is 4.94. The molecule has 4 nitrogen and oxygen atoms in total. The molecule has 0 saturated heterocycles. The summed E-state index contributed by atoms with van der Waals surface area (Å²) in [6.45, 7) is 5.46. The van der Waals surface area contributed by atoms with Gasteiger partial charge in [0.25, 0.3) is 0 Å². The minimum absolute atomic E-state index is 0.430. The zero-order valence-corrected chi connectivity index (χ0v) is 12.3. The standard InChI is InChI=1S/C13H24N2O2S/c1-13(2,15-18(3,16)17)9-14-8-12-7-10-4-5-11(12)6-10/h4-5,10-12,14-15H,6-9H2,1-3H3. The Morgan fingerprint density at radius 1 is 1.28 bits per heavy atom. The Kier molecular flexibility index (Phi) is 3.85. The monoisotopic (exact) mass is 272 g/mol. The SMILES string of the molecule is CC(C)(CNCC1CC2C=CC1C2)NS(C)(=O)=O. The lowest BCUT2D eigenvalue weighted by Gasteiger charge is -2.27. The smallest absolute Gasteiger partial charge is 0.209 e. The summed E-state index contributed by atoms with van der Waals surface area (Å²) in [6, 6.07) is 0. The van der Waals surface area contributed by atoms with Crippen LogP contribution in [0.15, 0.2) is 12.2 Å². The molecule has 0 aliphatic heterocycles. The van der Waals surface area contributed by atoms with Crippen molar-refractivity contribution in [2.45, 2.75) is 32.2 Å². The van der Waals surface area contributed by atoms with Gasteiger partial charge in [0, 0.05) is 12.1 Å². The van der Waals surface area contributed by atoms with Gasteiger partial charge in [-0.25, -0.2) is 13.1 Å². The molecule has 3 unspecified atom stereocenters. The van der Waals surface area contributed by atoms with E-state index in [1.54, 1.807) is 0 Å². The lowest BCUT2D eigenvalue weighted by atomic mass is 9.93. The number of allylic oxidation sites excluding steroid dienone is 2. The van der Waals surface area contributed by atoms with Gasteiger partial charge in [-0.15, -0.1) is 0 Å². The molecule has 2 N–H and O–H groups in total. The minimum Gasteiger partial charge on any atom is -0.315 e. The third-order valence-corrected chi connectivity index (χ3v) is 4.77. The number of nitrogens with one attached hydrogen (secondary N) is 2. The van der Waals surface area contributed by atoms with Crippen molar-refractivity contribution in [2.24, 2.45) is 17.8 Å². The van der Waals surface area contributed by atoms with Crippen LogP contribution in [0.4, 0.5) is 0 Å². The van der Waals surface area contributed by atoms with E-state index in [-0.39, 0.29) is 0 Å². The maximum absolute atomic E-state index is 11.2. The second-order valence-electron chi connectivity index (χ2n) is 6.43. The van der Waals surface area contributed by atoms with Gasteiger partial charge < -0.3 is 5.32 Å². The molecule has 0 spiro atoms. The van der Waals surface area contributed by atoms with E-state index in [4.69, 9.17) is 0 Å². The summed E-state index contributed by atoms with van der Waals surface area (Å²) < 4.78 is 25.1. The largest absolute Gasteiger partial charge is 0.315 e. The fourth-order valence-corrected chi connectivity index (χ4v) is 4.31. The zero-order valence-electron chi connectivity index (χ0n) is 11.4. The average Bonchev–Trinajstić information content (AvgIpc) is 2.74. The summed E-state index contributed by atoms with van der Waals surface area (Å²) in [7, 11) is -3.14. The molecular formula is C13H24N2O2S. The van der Waals surface area contributed by atoms with Crippen molar-refractivity contribution in [1.29, 1.82) is 0 Å². The van der Waals surface area contributed by atoms with Crippen molar-refractivity contribution >= 4 is 10.0 Å². The van der Waals surface area contributed by atoms with Crippen LogP contribution in [0.3, 0.4) is 0 Å². The maximum atomic E-state index is 11.2. The molecule has 0 radical (unpaired) electrons. The van der Waals surface area contributed by atoms with Crippen LogP contribution >= 0.6 is 0 Å². The second-order valence-corrected chi connectivity index (χ2v) is 8.18. The van der Waals surface area contributed by atoms with Gasteiger partial charge in [0.05, 0.1) is 6.26 Å². The Hall–Kier alpha value is -0.390. The van der Waals surface area contributed by atoms with E-state index in [1.165, 1.54) is 19.1 Å². The highest BCUT2D eigenvalue weighted by molar-refractivity contribution is 7.88. The van der Waals surface area contributed by atoms with Gasteiger partial charge in [0.1, 0.15) is 0 Å². The van der Waals surface area contributed by atoms with Crippen molar-refractivity contribution in [3.8, 4) is 0 Å². The highest BCUT2D eigenvalue weighted by Crippen LogP contribution is 2.42. The first kappa shape index (κ1) is 14.0. The number of rotatable bonds is 6. The van der Waals surface area contributed by atoms with Gasteiger partial charge in [-0.3, -0.25) is 0 Å². The minimum atomic E-state index is -3.14. The van der Waals surface area contributed by atoms with Crippen LogP contribution in [0.2, 0.25) is 0 Å². The van der Waals surface area contributed by atoms with Crippen molar-refractivity contribution < 1.29 is 8.42 Å². The molecule has 2 rings (SSSR count). The Balaban J connectivity index is 1.73. The number of hydrogen-bond donors (Lipinski definition) is 2. The van der Waals surface area contributed by atoms with Crippen molar-refractivity contribution in [3.05, 3.63) is 12.2 Å². The number of sulfonamides is 1. The molecule has 0 aromatic heterocycles. The topological polar surface area (TPSA) is 58.2 Å². The molecule has 0 aromatic rings. The van der Waals surface area contributed by atoms with E-state index in [1.807, 2.05) is 13.8 Å². The molecule has 0 heterocycles. The average molecular weight is 272 g/mol. The Morgan fingerprint density at radius 2 is 2.00 bits per heavy atom. The Bertz CT molecular complexity index is 428. The Morgan fingerprint density at radius 3 is 2.50 bits per heavy atom. The molecule has 3 atom stereocenters. The summed E-state index contributed by atoms with van der Waals surface area (Å²) in [4.78, 5) is 0. The molecule has 2 bridgehead atoms. The van der Waals surface area contributed by atoms with Gasteiger partial charge in [-0.1, -0.05) is 12.2 Å². The van der Waals surface area contributed by atoms with E-state index in [0.717, 1.165) is 24.3 Å². The summed E-state index contributed by atoms with van der Waals surface area (Å²) >= 11 is 0. The van der Waals surface area contributed by atoms with Crippen molar-refractivity contribution in [1.82, 2.24) is 10.0 Å². The van der Waals surface area contributed by atoms with Crippen LogP contribution in [-0.4, -0.2) is 33.3 Å². The van der Waals surface area contributed by atoms with Crippen LogP contribution in [0.1, 0.15) is 26.7 Å². The number of fused-ring (bicyclic) bond motifs is 2. The summed E-state index contributed by atoms with van der Waals surface area (Å²) in [5.74, 6) is 2.27. The first-order valence-electron chi connectivity index (χ1n) is 6.63. The van der Waals surface area contributed by atoms with E-state index in [9.17, 15) is 8.42 Å². The van der Waals surface area contributed by atoms with E-state index >= 15 is 0 Å². The van der Waals surface area contributed by atoms with Crippen LogP contribution in [0.5, 0.6) is 0 Å². The zero-order chi connectivity index (χ0) is 13.4. The summed E-state index contributed by atoms with van der Waals surface area (Å²) in [6.07, 6.45) is 8.50. The van der Waals surface area contributed by atoms with Gasteiger partial charge in [0.2, 0.25) is 10.0 Å². The van der Waals surface area contributed by atoms with Gasteiger partial charge >= 0.3 is 0 Å². The predicted octanol–water partition coefficient (Wildman–Crippen LogP) is 1.12. The molecule has 2 aliphatic rings. The maximum Gasteiger partial charge on any atom is 0.209 e. The lowest BCUT2D eigenvalue weighted by molar-refractivity contribution is 0.367. The molecule has 5 heteroatoms. The van der Waals surface area contributed by atoms with Crippen molar-refractivity contribution in [3.63, 3.8) is 0 Å². The molecule has 2 aliphatic carbocycles. The fourth-order valence-electron chi connectivity index (χ4n) is 3.24. The molecule has 0 aromatic carbocycles.